The van der Waals surface area contributed by atoms with Gasteiger partial charge in [0.1, 0.15) is 6.54 Å². The number of aromatic nitrogens is 2. The summed E-state index contributed by atoms with van der Waals surface area (Å²) in [5.74, 6) is 0. The average Bonchev–Trinajstić information content (AvgIpc) is 3.77. The molecule has 3 N–H and O–H groups in total. The summed E-state index contributed by atoms with van der Waals surface area (Å²) in [6.45, 7) is 7.52. The summed E-state index contributed by atoms with van der Waals surface area (Å²) in [5, 5.41) is 30.5. The Hall–Kier alpha value is -2.64. The number of pyridine rings is 1. The van der Waals surface area contributed by atoms with E-state index in [2.05, 4.69) is 9.80 Å². The van der Waals surface area contributed by atoms with E-state index in [0.29, 0.717) is 39.5 Å². The van der Waals surface area contributed by atoms with Gasteiger partial charge in [-0.05, 0) is 54.8 Å². The average molecular weight is 588 g/mol. The summed E-state index contributed by atoms with van der Waals surface area (Å²) >= 11 is 0. The summed E-state index contributed by atoms with van der Waals surface area (Å²) in [5.41, 5.74) is 2.61. The van der Waals surface area contributed by atoms with E-state index < -0.39 is 31.4 Å². The van der Waals surface area contributed by atoms with E-state index in [1.165, 1.54) is 42.7 Å². The largest absolute Gasteiger partial charge is 0.488 e. The van der Waals surface area contributed by atoms with Crippen LogP contribution in [-0.4, -0.2) is 88.8 Å². The van der Waals surface area contributed by atoms with Crippen molar-refractivity contribution in [2.24, 2.45) is 5.41 Å². The van der Waals surface area contributed by atoms with E-state index >= 15 is 0 Å². The number of methoxy groups -OCH3 is 1. The van der Waals surface area contributed by atoms with Crippen LogP contribution >= 0.6 is 0 Å². The maximum absolute atomic E-state index is 14.2. The third kappa shape index (κ3) is 6.47. The molecule has 0 amide bonds. The highest BCUT2D eigenvalue weighted by molar-refractivity contribution is 6.58. The molecule has 3 heterocycles. The van der Waals surface area contributed by atoms with Gasteiger partial charge in [-0.3, -0.25) is 9.88 Å². The Kier molecular flexibility index (Phi) is 8.66. The third-order valence-electron chi connectivity index (χ3n) is 8.55. The number of aliphatic hydroxyl groups is 1. The quantitative estimate of drug-likeness (QED) is 0.313. The first kappa shape index (κ1) is 30.8. The van der Waals surface area contributed by atoms with Gasteiger partial charge in [-0.1, -0.05) is 26.0 Å². The zero-order valence-corrected chi connectivity index (χ0v) is 24.7. The molecule has 1 aliphatic heterocycles. The number of fused-ring (bicyclic) bond motifs is 1. The Labute approximate surface area is 244 Å². The molecule has 1 atom stereocenters. The summed E-state index contributed by atoms with van der Waals surface area (Å²) in [4.78, 5) is 9.50. The van der Waals surface area contributed by atoms with Gasteiger partial charge in [-0.15, -0.1) is 0 Å². The van der Waals surface area contributed by atoms with Crippen LogP contribution in [0.25, 0.3) is 22.2 Å². The van der Waals surface area contributed by atoms with Crippen molar-refractivity contribution < 1.29 is 33.1 Å². The first-order valence-corrected chi connectivity index (χ1v) is 14.5. The molecule has 228 valence electrons. The number of anilines is 1. The van der Waals surface area contributed by atoms with Crippen molar-refractivity contribution in [1.82, 2.24) is 14.5 Å². The molecule has 1 saturated carbocycles. The Morgan fingerprint density at radius 2 is 1.79 bits per heavy atom. The standard InChI is InChI=1S/C30H40BF3N4O4/c1-19(42-4)27-24(14-22(16-35-27)37-11-9-36(10-12-37)21-6-7-21)28-25(15-29(2,3)18-39)23-13-20(31(40)41)5-8-26(23)38(28)17-30(32,33)34/h5,8,13-14,16,19,21,39-41H,6-7,9-12,15,17-18H2,1-4H3/t19-/m0/s1. The van der Waals surface area contributed by atoms with Gasteiger partial charge in [0.25, 0.3) is 0 Å². The van der Waals surface area contributed by atoms with E-state index in [4.69, 9.17) is 9.72 Å². The van der Waals surface area contributed by atoms with Crippen LogP contribution in [-0.2, 0) is 17.7 Å². The SMILES string of the molecule is CO[C@@H](C)c1ncc(N2CCN(C3CC3)CC2)cc1-c1c(CC(C)(C)CO)c2cc(B(O)O)ccc2n1CC(F)(F)F. The number of halogens is 3. The molecule has 12 heteroatoms. The van der Waals surface area contributed by atoms with Crippen molar-refractivity contribution in [2.75, 3.05) is 44.8 Å². The highest BCUT2D eigenvalue weighted by atomic mass is 19.4. The van der Waals surface area contributed by atoms with E-state index in [1.807, 2.05) is 26.8 Å². The minimum absolute atomic E-state index is 0.173. The van der Waals surface area contributed by atoms with Gasteiger partial charge < -0.3 is 29.4 Å². The Balaban J connectivity index is 1.75. The topological polar surface area (TPSA) is 94.2 Å². The number of ether oxygens (including phenoxy) is 1. The molecule has 5 rings (SSSR count). The van der Waals surface area contributed by atoms with Crippen LogP contribution in [0, 0.1) is 5.41 Å². The van der Waals surface area contributed by atoms with Crippen molar-refractivity contribution in [3.8, 4) is 11.3 Å². The minimum atomic E-state index is -4.53. The van der Waals surface area contributed by atoms with Gasteiger partial charge >= 0.3 is 13.3 Å². The zero-order valence-electron chi connectivity index (χ0n) is 24.7. The summed E-state index contributed by atoms with van der Waals surface area (Å²) in [6.07, 6.45) is -0.545. The number of aliphatic hydroxyl groups excluding tert-OH is 1. The van der Waals surface area contributed by atoms with Gasteiger partial charge in [0.05, 0.1) is 29.4 Å². The van der Waals surface area contributed by atoms with Crippen molar-refractivity contribution in [1.29, 1.82) is 0 Å². The van der Waals surface area contributed by atoms with Crippen LogP contribution < -0.4 is 10.4 Å². The number of rotatable bonds is 10. The summed E-state index contributed by atoms with van der Waals surface area (Å²) < 4.78 is 49.5. The molecule has 0 spiro atoms. The monoisotopic (exact) mass is 588 g/mol. The number of hydrogen-bond donors (Lipinski definition) is 3. The number of benzene rings is 1. The van der Waals surface area contributed by atoms with E-state index in [9.17, 15) is 28.3 Å². The molecule has 8 nitrogen and oxygen atoms in total. The summed E-state index contributed by atoms with van der Waals surface area (Å²) in [7, 11) is -0.247. The van der Waals surface area contributed by atoms with Gasteiger partial charge in [-0.25, -0.2) is 0 Å². The molecule has 0 unspecified atom stereocenters. The molecule has 2 aliphatic rings. The fourth-order valence-electron chi connectivity index (χ4n) is 6.01. The first-order valence-electron chi connectivity index (χ1n) is 14.5. The highest BCUT2D eigenvalue weighted by Gasteiger charge is 2.35. The second-order valence-electron chi connectivity index (χ2n) is 12.4. The Morgan fingerprint density at radius 3 is 2.36 bits per heavy atom. The second kappa shape index (κ2) is 11.8. The van der Waals surface area contributed by atoms with Gasteiger partial charge in [0.15, 0.2) is 0 Å². The lowest BCUT2D eigenvalue weighted by Gasteiger charge is -2.36. The number of hydrogen-bond acceptors (Lipinski definition) is 7. The Bertz CT molecular complexity index is 1420. The first-order chi connectivity index (χ1) is 19.8. The summed E-state index contributed by atoms with van der Waals surface area (Å²) in [6, 6.07) is 7.05. The van der Waals surface area contributed by atoms with Crippen LogP contribution in [0.2, 0.25) is 0 Å². The molecule has 1 saturated heterocycles. The van der Waals surface area contributed by atoms with E-state index in [1.54, 1.807) is 6.20 Å². The molecule has 1 aromatic carbocycles. The zero-order chi connectivity index (χ0) is 30.4. The lowest BCUT2D eigenvalue weighted by atomic mass is 9.78. The van der Waals surface area contributed by atoms with Crippen molar-refractivity contribution in [3.05, 3.63) is 41.7 Å². The molecule has 2 fully saturated rings. The molecule has 42 heavy (non-hydrogen) atoms. The predicted octanol–water partition coefficient (Wildman–Crippen LogP) is 3.50. The van der Waals surface area contributed by atoms with Crippen LogP contribution in [0.5, 0.6) is 0 Å². The molecular weight excluding hydrogens is 548 g/mol. The maximum atomic E-state index is 14.2. The normalized spacial score (nSPS) is 17.7. The molecular formula is C30H40BF3N4O4. The second-order valence-corrected chi connectivity index (χ2v) is 12.4. The molecule has 1 aliphatic carbocycles. The van der Waals surface area contributed by atoms with Gasteiger partial charge in [0.2, 0.25) is 0 Å². The van der Waals surface area contributed by atoms with Gasteiger partial charge in [-0.2, -0.15) is 13.2 Å². The van der Waals surface area contributed by atoms with E-state index in [0.717, 1.165) is 31.9 Å². The molecule has 0 radical (unpaired) electrons. The minimum Gasteiger partial charge on any atom is -0.423 e. The van der Waals surface area contributed by atoms with Crippen molar-refractivity contribution >= 4 is 29.2 Å². The van der Waals surface area contributed by atoms with Crippen LogP contribution in [0.15, 0.2) is 30.5 Å². The molecule has 0 bridgehead atoms. The highest BCUT2D eigenvalue weighted by Crippen LogP contribution is 2.42. The fourth-order valence-corrected chi connectivity index (χ4v) is 6.01. The van der Waals surface area contributed by atoms with Crippen molar-refractivity contribution in [3.63, 3.8) is 0 Å². The molecule has 3 aromatic rings. The number of alkyl halides is 3. The smallest absolute Gasteiger partial charge is 0.423 e. The van der Waals surface area contributed by atoms with Gasteiger partial charge in [0, 0.05) is 62.4 Å². The Morgan fingerprint density at radius 1 is 1.10 bits per heavy atom. The molecule has 2 aromatic heterocycles. The van der Waals surface area contributed by atoms with Crippen molar-refractivity contribution in [2.45, 2.75) is 64.9 Å². The maximum Gasteiger partial charge on any atom is 0.488 e. The predicted molar refractivity (Wildman–Crippen MR) is 158 cm³/mol. The number of nitrogens with zero attached hydrogens (tertiary/aromatic N) is 4. The van der Waals surface area contributed by atoms with Crippen LogP contribution in [0.3, 0.4) is 0 Å². The fraction of sp³-hybridized carbons (Fsp3) is 0.567. The van der Waals surface area contributed by atoms with Crippen LogP contribution in [0.4, 0.5) is 18.9 Å². The number of piperazine rings is 1. The lowest BCUT2D eigenvalue weighted by molar-refractivity contribution is -0.139. The third-order valence-corrected chi connectivity index (χ3v) is 8.55. The van der Waals surface area contributed by atoms with Crippen LogP contribution in [0.1, 0.15) is 51.0 Å². The lowest BCUT2D eigenvalue weighted by Crippen LogP contribution is -2.47. The van der Waals surface area contributed by atoms with E-state index in [-0.39, 0.29) is 18.5 Å².